The van der Waals surface area contributed by atoms with Gasteiger partial charge in [-0.15, -0.1) is 0 Å². The molecule has 1 unspecified atom stereocenters. The van der Waals surface area contributed by atoms with Crippen molar-refractivity contribution in [3.63, 3.8) is 0 Å². The minimum absolute atomic E-state index is 0.0184. The van der Waals surface area contributed by atoms with Crippen LogP contribution in [-0.4, -0.2) is 73.0 Å². The highest BCUT2D eigenvalue weighted by molar-refractivity contribution is 6.01. The number of carbonyl (C=O) groups excluding carboxylic acids is 5. The van der Waals surface area contributed by atoms with Crippen LogP contribution in [0.3, 0.4) is 0 Å². The molecule has 2 heterocycles. The van der Waals surface area contributed by atoms with Gasteiger partial charge in [0, 0.05) is 50.4 Å². The topological polar surface area (TPSA) is 134 Å². The van der Waals surface area contributed by atoms with E-state index >= 15 is 0 Å². The number of anilines is 2. The molecule has 0 aliphatic carbocycles. The van der Waals surface area contributed by atoms with Crippen molar-refractivity contribution in [1.82, 2.24) is 10.2 Å². The summed E-state index contributed by atoms with van der Waals surface area (Å²) >= 11 is 0. The number of imide groups is 1. The number of hydrogen-bond acceptors (Lipinski definition) is 9. The average molecular weight is 543 g/mol. The normalized spacial score (nSPS) is 18.0. The lowest BCUT2D eigenvalue weighted by Crippen LogP contribution is -2.48. The lowest BCUT2D eigenvalue weighted by molar-refractivity contribution is -0.285. The van der Waals surface area contributed by atoms with E-state index in [1.807, 2.05) is 24.3 Å². The molecule has 0 aromatic heterocycles. The van der Waals surface area contributed by atoms with Crippen LogP contribution in [-0.2, 0) is 33.7 Å². The molecule has 38 heavy (non-hydrogen) atoms. The Morgan fingerprint density at radius 3 is 2.24 bits per heavy atom. The van der Waals surface area contributed by atoms with Gasteiger partial charge >= 0.3 is 18.1 Å². The van der Waals surface area contributed by atoms with Crippen LogP contribution in [0.5, 0.6) is 0 Å². The Bertz CT molecular complexity index is 1020. The summed E-state index contributed by atoms with van der Waals surface area (Å²) in [5.41, 5.74) is 1.76. The van der Waals surface area contributed by atoms with Crippen LogP contribution in [0.1, 0.15) is 44.9 Å². The van der Waals surface area contributed by atoms with E-state index < -0.39 is 24.2 Å². The van der Waals surface area contributed by atoms with Crippen LogP contribution in [0.15, 0.2) is 24.3 Å². The van der Waals surface area contributed by atoms with Gasteiger partial charge in [0.25, 0.3) is 0 Å². The fourth-order valence-electron chi connectivity index (χ4n) is 4.07. The highest BCUT2D eigenvalue weighted by Gasteiger charge is 2.43. The van der Waals surface area contributed by atoms with Crippen molar-refractivity contribution < 1.29 is 46.9 Å². The van der Waals surface area contributed by atoms with Gasteiger partial charge in [0.2, 0.25) is 17.7 Å². The van der Waals surface area contributed by atoms with Gasteiger partial charge in [-0.3, -0.25) is 19.7 Å². The predicted octanol–water partition coefficient (Wildman–Crippen LogP) is 2.07. The predicted molar refractivity (Wildman–Crippen MR) is 126 cm³/mol. The molecule has 0 saturated carbocycles. The highest BCUT2D eigenvalue weighted by atomic mass is 19.4. The molecule has 3 amide bonds. The van der Waals surface area contributed by atoms with Crippen LogP contribution in [0.4, 0.5) is 24.5 Å². The second-order valence-electron chi connectivity index (χ2n) is 8.95. The molecule has 1 aromatic carbocycles. The molecule has 0 bridgehead atoms. The van der Waals surface area contributed by atoms with E-state index in [9.17, 15) is 37.1 Å². The summed E-state index contributed by atoms with van der Waals surface area (Å²) in [6.07, 6.45) is -3.21. The van der Waals surface area contributed by atoms with Crippen LogP contribution in [0.25, 0.3) is 0 Å². The molecule has 14 heteroatoms. The quantitative estimate of drug-likeness (QED) is 0.208. The van der Waals surface area contributed by atoms with E-state index in [-0.39, 0.29) is 37.0 Å². The molecule has 11 nitrogen and oxygen atoms in total. The van der Waals surface area contributed by atoms with E-state index in [1.54, 1.807) is 4.90 Å². The van der Waals surface area contributed by atoms with E-state index in [0.29, 0.717) is 51.9 Å². The number of nitrogens with one attached hydrogen (secondary N) is 2. The van der Waals surface area contributed by atoms with Crippen molar-refractivity contribution >= 4 is 41.0 Å². The number of unbranched alkanes of at least 4 members (excludes halogenated alkanes) is 2. The molecular formula is C24H29F3N4O7. The van der Waals surface area contributed by atoms with Crippen molar-refractivity contribution in [2.75, 3.05) is 36.4 Å². The first-order valence-corrected chi connectivity index (χ1v) is 12.2. The minimum atomic E-state index is -5.24. The molecule has 208 valence electrons. The van der Waals surface area contributed by atoms with Crippen molar-refractivity contribution in [1.29, 1.82) is 0 Å². The zero-order valence-electron chi connectivity index (χ0n) is 20.6. The molecule has 2 saturated heterocycles. The second kappa shape index (κ2) is 13.1. The number of carbonyl (C=O) groups is 5. The molecule has 2 fully saturated rings. The maximum Gasteiger partial charge on any atom is 0.495 e. The molecule has 0 spiro atoms. The first kappa shape index (κ1) is 28.7. The summed E-state index contributed by atoms with van der Waals surface area (Å²) in [5, 5.41) is 5.45. The Kier molecular flexibility index (Phi) is 9.91. The van der Waals surface area contributed by atoms with Crippen molar-refractivity contribution in [3.8, 4) is 0 Å². The fourth-order valence-corrected chi connectivity index (χ4v) is 4.07. The van der Waals surface area contributed by atoms with Gasteiger partial charge in [0.05, 0.1) is 6.42 Å². The number of nitrogens with zero attached hydrogens (tertiary/aromatic N) is 2. The van der Waals surface area contributed by atoms with Gasteiger partial charge < -0.3 is 15.1 Å². The monoisotopic (exact) mass is 542 g/mol. The van der Waals surface area contributed by atoms with Crippen molar-refractivity contribution in [2.45, 2.75) is 57.2 Å². The lowest BCUT2D eigenvalue weighted by Gasteiger charge is -2.36. The number of halogens is 3. The summed E-state index contributed by atoms with van der Waals surface area (Å²) in [6, 6.07) is 7.14. The van der Waals surface area contributed by atoms with Gasteiger partial charge in [-0.1, -0.05) is 6.42 Å². The number of piperazine rings is 1. The van der Waals surface area contributed by atoms with E-state index in [4.69, 9.17) is 0 Å². The molecule has 1 atom stereocenters. The van der Waals surface area contributed by atoms with Crippen LogP contribution < -0.4 is 15.5 Å². The second-order valence-corrected chi connectivity index (χ2v) is 8.95. The number of hydrogen-bond donors (Lipinski definition) is 2. The Morgan fingerprint density at radius 1 is 0.947 bits per heavy atom. The molecule has 0 radical (unpaired) electrons. The van der Waals surface area contributed by atoms with E-state index in [2.05, 4.69) is 25.3 Å². The third-order valence-corrected chi connectivity index (χ3v) is 6.16. The average Bonchev–Trinajstić information content (AvgIpc) is 2.88. The third-order valence-electron chi connectivity index (χ3n) is 6.16. The maximum absolute atomic E-state index is 12.5. The van der Waals surface area contributed by atoms with Gasteiger partial charge in [-0.05, 0) is 43.5 Å². The standard InChI is InChI=1S/C24H29F3N4O7/c25-24(26,27)23(36)38-37-21(34)5-3-1-2-4-20(33)31-14-12-30(13-15-31)17-8-6-16(7-9-17)28-18-10-11-19(32)29-22(18)35/h6-9,18,28H,1-5,10-15H2,(H,29,32,35). The zero-order valence-corrected chi connectivity index (χ0v) is 20.6. The third kappa shape index (κ3) is 8.63. The summed E-state index contributed by atoms with van der Waals surface area (Å²) in [6.45, 7) is 2.39. The molecular weight excluding hydrogens is 513 g/mol. The number of piperidine rings is 1. The van der Waals surface area contributed by atoms with E-state index in [1.165, 1.54) is 0 Å². The first-order valence-electron chi connectivity index (χ1n) is 12.2. The highest BCUT2D eigenvalue weighted by Crippen LogP contribution is 2.22. The number of benzene rings is 1. The smallest absolute Gasteiger partial charge is 0.374 e. The zero-order chi connectivity index (χ0) is 27.7. The number of alkyl halides is 3. The van der Waals surface area contributed by atoms with Crippen LogP contribution in [0.2, 0.25) is 0 Å². The minimum Gasteiger partial charge on any atom is -0.374 e. The van der Waals surface area contributed by atoms with Crippen molar-refractivity contribution in [3.05, 3.63) is 24.3 Å². The molecule has 3 rings (SSSR count). The Labute approximate surface area is 216 Å². The Balaban J connectivity index is 1.30. The Morgan fingerprint density at radius 2 is 1.61 bits per heavy atom. The number of amides is 3. The first-order chi connectivity index (χ1) is 18.0. The molecule has 1 aromatic rings. The summed E-state index contributed by atoms with van der Waals surface area (Å²) in [7, 11) is 0. The number of rotatable bonds is 9. The van der Waals surface area contributed by atoms with Gasteiger partial charge in [-0.2, -0.15) is 13.2 Å². The summed E-state index contributed by atoms with van der Waals surface area (Å²) < 4.78 is 35.9. The van der Waals surface area contributed by atoms with Crippen LogP contribution >= 0.6 is 0 Å². The Hall–Kier alpha value is -3.84. The fraction of sp³-hybridized carbons (Fsp3) is 0.542. The molecule has 2 aliphatic heterocycles. The summed E-state index contributed by atoms with van der Waals surface area (Å²) in [5.74, 6) is -4.31. The largest absolute Gasteiger partial charge is 0.495 e. The summed E-state index contributed by atoms with van der Waals surface area (Å²) in [4.78, 5) is 68.6. The molecule has 2 N–H and O–H groups in total. The van der Waals surface area contributed by atoms with Crippen LogP contribution in [0, 0.1) is 0 Å². The van der Waals surface area contributed by atoms with E-state index in [0.717, 1.165) is 11.4 Å². The molecule has 2 aliphatic rings. The SMILES string of the molecule is O=C1CCC(Nc2ccc(N3CCN(C(=O)CCCCCC(=O)OOC(=O)C(F)(F)F)CC3)cc2)C(=O)N1. The van der Waals surface area contributed by atoms with Crippen molar-refractivity contribution in [2.24, 2.45) is 0 Å². The van der Waals surface area contributed by atoms with Gasteiger partial charge in [0.15, 0.2) is 0 Å². The van der Waals surface area contributed by atoms with Gasteiger partial charge in [-0.25, -0.2) is 19.4 Å². The van der Waals surface area contributed by atoms with Gasteiger partial charge in [0.1, 0.15) is 6.04 Å². The lowest BCUT2D eigenvalue weighted by atomic mass is 10.1. The maximum atomic E-state index is 12.5.